The first-order chi connectivity index (χ1) is 7.88. The Kier molecular flexibility index (Phi) is 2.89. The van der Waals surface area contributed by atoms with E-state index < -0.39 is 11.6 Å². The predicted molar refractivity (Wildman–Crippen MR) is 69.7 cm³/mol. The molecule has 0 bridgehead atoms. The van der Waals surface area contributed by atoms with E-state index in [0.717, 1.165) is 22.2 Å². The van der Waals surface area contributed by atoms with Gasteiger partial charge >= 0.3 is 0 Å². The van der Waals surface area contributed by atoms with E-state index in [1.165, 1.54) is 0 Å². The van der Waals surface area contributed by atoms with Crippen molar-refractivity contribution < 1.29 is 5.11 Å². The van der Waals surface area contributed by atoms with Gasteiger partial charge in [-0.05, 0) is 44.5 Å². The summed E-state index contributed by atoms with van der Waals surface area (Å²) in [5, 5.41) is 11.2. The summed E-state index contributed by atoms with van der Waals surface area (Å²) < 4.78 is 0. The molecule has 0 aliphatic heterocycles. The van der Waals surface area contributed by atoms with Crippen molar-refractivity contribution in [2.24, 2.45) is 5.73 Å². The summed E-state index contributed by atoms with van der Waals surface area (Å²) in [6.45, 7) is 5.59. The highest BCUT2D eigenvalue weighted by molar-refractivity contribution is 5.79. The van der Waals surface area contributed by atoms with Gasteiger partial charge in [-0.15, -0.1) is 0 Å². The maximum atomic E-state index is 10.1. The summed E-state index contributed by atoms with van der Waals surface area (Å²) in [7, 11) is 0. The third-order valence-electron chi connectivity index (χ3n) is 2.87. The summed E-state index contributed by atoms with van der Waals surface area (Å²) >= 11 is 0. The number of aliphatic hydroxyl groups is 1. The standard InChI is InChI=1S/C14H18N2O/c1-9-4-5-10-8-11(6-7-12(10)16-9)13(17)14(2,3)15/h4-8,13,17H,15H2,1-3H3. The summed E-state index contributed by atoms with van der Waals surface area (Å²) in [6, 6.07) is 9.73. The lowest BCUT2D eigenvalue weighted by molar-refractivity contribution is 0.105. The van der Waals surface area contributed by atoms with Crippen LogP contribution in [0.3, 0.4) is 0 Å². The molecule has 0 aliphatic carbocycles. The lowest BCUT2D eigenvalue weighted by Gasteiger charge is -2.26. The first kappa shape index (κ1) is 12.0. The number of aryl methyl sites for hydroxylation is 1. The van der Waals surface area contributed by atoms with Crippen LogP contribution in [0.25, 0.3) is 10.9 Å². The molecule has 1 unspecified atom stereocenters. The molecule has 0 amide bonds. The molecule has 2 aromatic rings. The highest BCUT2D eigenvalue weighted by atomic mass is 16.3. The number of benzene rings is 1. The lowest BCUT2D eigenvalue weighted by Crippen LogP contribution is -2.39. The van der Waals surface area contributed by atoms with Crippen LogP contribution in [0.1, 0.15) is 31.2 Å². The number of aliphatic hydroxyl groups excluding tert-OH is 1. The molecule has 0 saturated carbocycles. The van der Waals surface area contributed by atoms with Crippen LogP contribution in [-0.4, -0.2) is 15.6 Å². The van der Waals surface area contributed by atoms with E-state index in [4.69, 9.17) is 5.73 Å². The second-order valence-corrected chi connectivity index (χ2v) is 5.13. The molecule has 0 saturated heterocycles. The second kappa shape index (κ2) is 4.09. The van der Waals surface area contributed by atoms with Crippen molar-refractivity contribution in [1.29, 1.82) is 0 Å². The van der Waals surface area contributed by atoms with E-state index in [9.17, 15) is 5.11 Å². The summed E-state index contributed by atoms with van der Waals surface area (Å²) in [5.41, 5.74) is 8.03. The molecule has 17 heavy (non-hydrogen) atoms. The zero-order valence-electron chi connectivity index (χ0n) is 10.4. The summed E-state index contributed by atoms with van der Waals surface area (Å²) in [5.74, 6) is 0. The van der Waals surface area contributed by atoms with E-state index in [2.05, 4.69) is 4.98 Å². The van der Waals surface area contributed by atoms with Crippen LogP contribution < -0.4 is 5.73 Å². The quantitative estimate of drug-likeness (QED) is 0.832. The highest BCUT2D eigenvalue weighted by Gasteiger charge is 2.24. The Bertz CT molecular complexity index is 543. The van der Waals surface area contributed by atoms with Crippen molar-refractivity contribution in [3.63, 3.8) is 0 Å². The normalized spacial score (nSPS) is 13.9. The molecular formula is C14H18N2O. The maximum absolute atomic E-state index is 10.1. The fraction of sp³-hybridized carbons (Fsp3) is 0.357. The average molecular weight is 230 g/mol. The van der Waals surface area contributed by atoms with Gasteiger partial charge in [0.25, 0.3) is 0 Å². The molecule has 0 spiro atoms. The molecule has 0 fully saturated rings. The minimum Gasteiger partial charge on any atom is -0.387 e. The second-order valence-electron chi connectivity index (χ2n) is 5.13. The van der Waals surface area contributed by atoms with E-state index in [1.54, 1.807) is 0 Å². The van der Waals surface area contributed by atoms with Crippen LogP contribution in [0.4, 0.5) is 0 Å². The minimum absolute atomic E-state index is 0.647. The van der Waals surface area contributed by atoms with E-state index in [0.29, 0.717) is 0 Å². The summed E-state index contributed by atoms with van der Waals surface area (Å²) in [6.07, 6.45) is -0.673. The number of hydrogen-bond acceptors (Lipinski definition) is 3. The van der Waals surface area contributed by atoms with Crippen LogP contribution in [0.2, 0.25) is 0 Å². The van der Waals surface area contributed by atoms with Crippen LogP contribution in [0.5, 0.6) is 0 Å². The van der Waals surface area contributed by atoms with Gasteiger partial charge < -0.3 is 10.8 Å². The highest BCUT2D eigenvalue weighted by Crippen LogP contribution is 2.25. The molecule has 2 rings (SSSR count). The van der Waals surface area contributed by atoms with Gasteiger partial charge in [0.05, 0.1) is 11.6 Å². The topological polar surface area (TPSA) is 59.1 Å². The monoisotopic (exact) mass is 230 g/mol. The molecule has 1 aromatic heterocycles. The Hall–Kier alpha value is -1.45. The number of nitrogens with two attached hydrogens (primary N) is 1. The van der Waals surface area contributed by atoms with Gasteiger partial charge in [0.1, 0.15) is 0 Å². The first-order valence-electron chi connectivity index (χ1n) is 5.72. The Morgan fingerprint density at radius 1 is 1.24 bits per heavy atom. The van der Waals surface area contributed by atoms with Crippen LogP contribution >= 0.6 is 0 Å². The van der Waals surface area contributed by atoms with Crippen molar-refractivity contribution in [2.45, 2.75) is 32.4 Å². The smallest absolute Gasteiger partial charge is 0.0964 e. The number of aromatic nitrogens is 1. The molecule has 1 heterocycles. The molecule has 1 atom stereocenters. The third kappa shape index (κ3) is 2.46. The average Bonchev–Trinajstić information content (AvgIpc) is 2.26. The molecule has 3 nitrogen and oxygen atoms in total. The molecule has 1 aromatic carbocycles. The number of pyridine rings is 1. The van der Waals surface area contributed by atoms with Crippen molar-refractivity contribution in [3.8, 4) is 0 Å². The molecule has 3 N–H and O–H groups in total. The van der Waals surface area contributed by atoms with Crippen molar-refractivity contribution in [3.05, 3.63) is 41.6 Å². The van der Waals surface area contributed by atoms with Gasteiger partial charge in [0.2, 0.25) is 0 Å². The summed E-state index contributed by atoms with van der Waals surface area (Å²) in [4.78, 5) is 4.43. The van der Waals surface area contributed by atoms with Crippen LogP contribution in [-0.2, 0) is 0 Å². The zero-order chi connectivity index (χ0) is 12.6. The molecule has 90 valence electrons. The number of fused-ring (bicyclic) bond motifs is 1. The number of nitrogens with zero attached hydrogens (tertiary/aromatic N) is 1. The van der Waals surface area contributed by atoms with E-state index >= 15 is 0 Å². The molecule has 3 heteroatoms. The minimum atomic E-state index is -0.673. The third-order valence-corrected chi connectivity index (χ3v) is 2.87. The molecular weight excluding hydrogens is 212 g/mol. The van der Waals surface area contributed by atoms with Gasteiger partial charge in [0, 0.05) is 16.6 Å². The van der Waals surface area contributed by atoms with E-state index in [-0.39, 0.29) is 0 Å². The Morgan fingerprint density at radius 3 is 2.59 bits per heavy atom. The fourth-order valence-electron chi connectivity index (χ4n) is 1.85. The van der Waals surface area contributed by atoms with Crippen molar-refractivity contribution >= 4 is 10.9 Å². The Labute approximate surface area is 101 Å². The van der Waals surface area contributed by atoms with Gasteiger partial charge in [0.15, 0.2) is 0 Å². The molecule has 0 radical (unpaired) electrons. The SMILES string of the molecule is Cc1ccc2cc(C(O)C(C)(C)N)ccc2n1. The van der Waals surface area contributed by atoms with Crippen LogP contribution in [0.15, 0.2) is 30.3 Å². The zero-order valence-corrected chi connectivity index (χ0v) is 10.4. The van der Waals surface area contributed by atoms with Gasteiger partial charge in [-0.2, -0.15) is 0 Å². The number of hydrogen-bond donors (Lipinski definition) is 2. The molecule has 0 aliphatic rings. The lowest BCUT2D eigenvalue weighted by atomic mass is 9.92. The largest absolute Gasteiger partial charge is 0.387 e. The Balaban J connectivity index is 2.48. The first-order valence-corrected chi connectivity index (χ1v) is 5.72. The van der Waals surface area contributed by atoms with Gasteiger partial charge in [-0.1, -0.05) is 12.1 Å². The predicted octanol–water partition coefficient (Wildman–Crippen LogP) is 2.31. The van der Waals surface area contributed by atoms with E-state index in [1.807, 2.05) is 51.1 Å². The van der Waals surface area contributed by atoms with Crippen molar-refractivity contribution in [1.82, 2.24) is 4.98 Å². The maximum Gasteiger partial charge on any atom is 0.0964 e. The van der Waals surface area contributed by atoms with Gasteiger partial charge in [-0.25, -0.2) is 0 Å². The Morgan fingerprint density at radius 2 is 1.94 bits per heavy atom. The fourth-order valence-corrected chi connectivity index (χ4v) is 1.85. The van der Waals surface area contributed by atoms with Crippen LogP contribution in [0, 0.1) is 6.92 Å². The number of rotatable bonds is 2. The van der Waals surface area contributed by atoms with Crippen molar-refractivity contribution in [2.75, 3.05) is 0 Å². The van der Waals surface area contributed by atoms with Gasteiger partial charge in [-0.3, -0.25) is 4.98 Å².